The Bertz CT molecular complexity index is 2040. The number of hydrogen-bond donors (Lipinski definition) is 0. The predicted molar refractivity (Wildman–Crippen MR) is 240 cm³/mol. The van der Waals surface area contributed by atoms with Gasteiger partial charge in [0.2, 0.25) is 0 Å². The second-order valence-corrected chi connectivity index (χ2v) is 20.6. The lowest BCUT2D eigenvalue weighted by Crippen LogP contribution is -2.65. The molecule has 0 bridgehead atoms. The molecule has 3 aromatic carbocycles. The summed E-state index contributed by atoms with van der Waals surface area (Å²) >= 11 is 0. The number of rotatable bonds is 13. The van der Waals surface area contributed by atoms with E-state index in [4.69, 9.17) is 28.4 Å². The maximum Gasteiger partial charge on any atom is 0.339 e. The molecule has 2 aliphatic heterocycles. The fourth-order valence-electron chi connectivity index (χ4n) is 8.65. The van der Waals surface area contributed by atoms with Gasteiger partial charge in [0.1, 0.15) is 25.1 Å². The van der Waals surface area contributed by atoms with E-state index in [-0.39, 0.29) is 13.0 Å². The first kappa shape index (κ1) is 47.7. The monoisotopic (exact) mass is 867 g/mol. The van der Waals surface area contributed by atoms with Crippen LogP contribution in [0.1, 0.15) is 116 Å². The summed E-state index contributed by atoms with van der Waals surface area (Å²) in [5, 5.41) is 0. The van der Waals surface area contributed by atoms with Crippen molar-refractivity contribution in [1.82, 2.24) is 4.90 Å². The number of piperidine rings is 1. The number of carbonyl (C=O) groups is 4. The fraction of sp³-hybridized carbons (Fsp3) is 0.577. The number of hydrogen-bond acceptors (Lipinski definition) is 11. The van der Waals surface area contributed by atoms with Gasteiger partial charge in [-0.05, 0) is 142 Å². The van der Waals surface area contributed by atoms with Gasteiger partial charge in [-0.15, -0.1) is 0 Å². The zero-order chi connectivity index (χ0) is 45.7. The number of likely N-dealkylation sites (tertiary alicyclic amines) is 1. The van der Waals surface area contributed by atoms with Gasteiger partial charge < -0.3 is 28.4 Å². The predicted octanol–water partition coefficient (Wildman–Crippen LogP) is 8.78. The molecule has 11 nitrogen and oxygen atoms in total. The molecule has 6 rings (SSSR count). The van der Waals surface area contributed by atoms with Crippen molar-refractivity contribution in [3.8, 4) is 5.75 Å². The third kappa shape index (κ3) is 11.9. The number of benzene rings is 3. The third-order valence-corrected chi connectivity index (χ3v) is 12.2. The van der Waals surface area contributed by atoms with Gasteiger partial charge in [-0.2, -0.15) is 0 Å². The van der Waals surface area contributed by atoms with E-state index < -0.39 is 70.6 Å². The molecule has 2 fully saturated rings. The van der Waals surface area contributed by atoms with Crippen LogP contribution in [0, 0.1) is 22.2 Å². The van der Waals surface area contributed by atoms with Gasteiger partial charge in [-0.1, -0.05) is 73.7 Å². The van der Waals surface area contributed by atoms with Gasteiger partial charge in [-0.3, -0.25) is 19.3 Å². The van der Waals surface area contributed by atoms with E-state index in [1.807, 2.05) is 66.7 Å². The molecule has 0 aromatic heterocycles. The molecular weight excluding hydrogens is 799 g/mol. The summed E-state index contributed by atoms with van der Waals surface area (Å²) in [5.74, 6) is -1.63. The molecular formula is C52H69NO10. The second-order valence-electron chi connectivity index (χ2n) is 20.6. The quantitative estimate of drug-likeness (QED) is 0.121. The minimum atomic E-state index is -1.56. The minimum absolute atomic E-state index is 0.0830. The van der Waals surface area contributed by atoms with Crippen molar-refractivity contribution in [2.45, 2.75) is 158 Å². The lowest BCUT2D eigenvalue weighted by atomic mass is 9.73. The van der Waals surface area contributed by atoms with Crippen LogP contribution in [0.2, 0.25) is 0 Å². The van der Waals surface area contributed by atoms with E-state index >= 15 is 0 Å². The van der Waals surface area contributed by atoms with Crippen molar-refractivity contribution in [2.75, 3.05) is 13.1 Å². The molecule has 0 radical (unpaired) electrons. The van der Waals surface area contributed by atoms with Gasteiger partial charge >= 0.3 is 23.9 Å². The molecule has 7 atom stereocenters. The molecule has 3 aliphatic rings. The van der Waals surface area contributed by atoms with E-state index in [0.29, 0.717) is 24.3 Å². The molecule has 11 heteroatoms. The van der Waals surface area contributed by atoms with Gasteiger partial charge in [-0.25, -0.2) is 4.79 Å². The zero-order valence-corrected chi connectivity index (χ0v) is 39.1. The van der Waals surface area contributed by atoms with E-state index in [2.05, 4.69) is 17.9 Å². The van der Waals surface area contributed by atoms with Crippen molar-refractivity contribution >= 4 is 23.9 Å². The van der Waals surface area contributed by atoms with Gasteiger partial charge in [0.15, 0.2) is 24.4 Å². The summed E-state index contributed by atoms with van der Waals surface area (Å²) in [6, 6.07) is 23.8. The highest BCUT2D eigenvalue weighted by atomic mass is 16.7. The van der Waals surface area contributed by atoms with E-state index in [9.17, 15) is 19.2 Å². The minimum Gasteiger partial charge on any atom is -0.489 e. The van der Waals surface area contributed by atoms with Crippen LogP contribution in [0.3, 0.4) is 0 Å². The molecule has 63 heavy (non-hydrogen) atoms. The third-order valence-electron chi connectivity index (χ3n) is 12.2. The Morgan fingerprint density at radius 1 is 0.683 bits per heavy atom. The van der Waals surface area contributed by atoms with E-state index in [1.54, 1.807) is 62.3 Å². The first-order valence-corrected chi connectivity index (χ1v) is 22.8. The maximum atomic E-state index is 14.5. The van der Waals surface area contributed by atoms with E-state index in [1.165, 1.54) is 5.56 Å². The normalized spacial score (nSPS) is 24.0. The van der Waals surface area contributed by atoms with Gasteiger partial charge in [0.05, 0.1) is 16.2 Å². The molecule has 0 unspecified atom stereocenters. The lowest BCUT2D eigenvalue weighted by molar-refractivity contribution is -0.256. The van der Waals surface area contributed by atoms with Crippen molar-refractivity contribution in [3.05, 3.63) is 101 Å². The molecule has 2 saturated heterocycles. The SMILES string of the molecule is CCCN1CCC[C@@H]2Cc3c(ccc(OCc4ccccc4)c3C[C@@H]3O[C@H](C(=O)OCc4ccccc4)[C@@H](OC(=O)C(C)(C)C)[C@H](OC(=O)C(C)(C)C)[C@H]3OC(=O)C(C)(C)C)C[C@H]21. The van der Waals surface area contributed by atoms with E-state index in [0.717, 1.165) is 67.4 Å². The summed E-state index contributed by atoms with van der Waals surface area (Å²) in [6.45, 7) is 20.0. The number of nitrogens with zero attached hydrogens (tertiary/aromatic N) is 1. The van der Waals surface area contributed by atoms with Crippen molar-refractivity contribution in [3.63, 3.8) is 0 Å². The first-order valence-electron chi connectivity index (χ1n) is 22.8. The van der Waals surface area contributed by atoms with Crippen LogP contribution in [-0.2, 0) is 75.3 Å². The zero-order valence-electron chi connectivity index (χ0n) is 39.1. The summed E-state index contributed by atoms with van der Waals surface area (Å²) in [5.41, 5.74) is 1.94. The number of fused-ring (bicyclic) bond motifs is 2. The number of carbonyl (C=O) groups excluding carboxylic acids is 4. The number of esters is 4. The summed E-state index contributed by atoms with van der Waals surface area (Å²) < 4.78 is 38.4. The highest BCUT2D eigenvalue weighted by molar-refractivity contribution is 5.80. The number of ether oxygens (including phenoxy) is 6. The van der Waals surface area contributed by atoms with Gasteiger partial charge in [0.25, 0.3) is 0 Å². The van der Waals surface area contributed by atoms with Crippen LogP contribution < -0.4 is 4.74 Å². The highest BCUT2D eigenvalue weighted by Gasteiger charge is 2.57. The molecule has 0 saturated carbocycles. The topological polar surface area (TPSA) is 127 Å². The van der Waals surface area contributed by atoms with Crippen molar-refractivity contribution in [2.24, 2.45) is 22.2 Å². The van der Waals surface area contributed by atoms with Crippen molar-refractivity contribution in [1.29, 1.82) is 0 Å². The van der Waals surface area contributed by atoms with Crippen LogP contribution in [-0.4, -0.2) is 78.4 Å². The Hall–Kier alpha value is -4.74. The average molecular weight is 868 g/mol. The Kier molecular flexibility index (Phi) is 15.1. The van der Waals surface area contributed by atoms with Gasteiger partial charge in [0, 0.05) is 18.0 Å². The molecule has 0 N–H and O–H groups in total. The smallest absolute Gasteiger partial charge is 0.339 e. The standard InChI is InChI=1S/C52H69NO10/c1-11-26-53-27-18-23-36-28-37-35(29-39(36)53)24-25-40(58-31-33-19-14-12-15-20-33)38(37)30-41-42(61-47(55)50(2,3)4)43(62-48(56)51(5,6)7)44(63-49(57)52(8,9)10)45(60-41)46(54)59-32-34-21-16-13-17-22-34/h12-17,19-22,24-25,36,39,41-45H,11,18,23,26-32H2,1-10H3/t36-,39-,41+,42+,43-,44+,45+/m1/s1. The largest absolute Gasteiger partial charge is 0.489 e. The highest BCUT2D eigenvalue weighted by Crippen LogP contribution is 2.42. The first-order chi connectivity index (χ1) is 29.7. The summed E-state index contributed by atoms with van der Waals surface area (Å²) in [7, 11) is 0. The van der Waals surface area contributed by atoms with Crippen molar-refractivity contribution < 1.29 is 47.6 Å². The summed E-state index contributed by atoms with van der Waals surface area (Å²) in [4.78, 5) is 59.1. The molecule has 0 spiro atoms. The van der Waals surface area contributed by atoms with Crippen LogP contribution in [0.25, 0.3) is 0 Å². The Morgan fingerprint density at radius 3 is 1.81 bits per heavy atom. The molecule has 2 heterocycles. The molecule has 1 aliphatic carbocycles. The Balaban J connectivity index is 1.49. The van der Waals surface area contributed by atoms with Crippen LogP contribution >= 0.6 is 0 Å². The Morgan fingerprint density at radius 2 is 1.24 bits per heavy atom. The summed E-state index contributed by atoms with van der Waals surface area (Å²) in [6.07, 6.45) is -1.83. The van der Waals surface area contributed by atoms with Crippen LogP contribution in [0.4, 0.5) is 0 Å². The molecule has 0 amide bonds. The molecule has 3 aromatic rings. The second kappa shape index (κ2) is 20.0. The van der Waals surface area contributed by atoms with Crippen LogP contribution in [0.5, 0.6) is 5.75 Å². The maximum absolute atomic E-state index is 14.5. The van der Waals surface area contributed by atoms with Crippen LogP contribution in [0.15, 0.2) is 72.8 Å². The molecule has 342 valence electrons. The fourth-order valence-corrected chi connectivity index (χ4v) is 8.65. The lowest BCUT2D eigenvalue weighted by Gasteiger charge is -2.47. The average Bonchev–Trinajstić information content (AvgIpc) is 3.23. The Labute approximate surface area is 374 Å².